The topological polar surface area (TPSA) is 104 Å². The van der Waals surface area contributed by atoms with E-state index in [2.05, 4.69) is 16.2 Å². The molecule has 0 spiro atoms. The number of aromatic nitrogens is 1. The summed E-state index contributed by atoms with van der Waals surface area (Å²) < 4.78 is 34.1. The lowest BCUT2D eigenvalue weighted by Crippen LogP contribution is -2.47. The number of likely N-dealkylation sites (tertiary alicyclic amines) is 1. The molecule has 1 N–H and O–H groups in total. The molecule has 0 bridgehead atoms. The molecule has 1 saturated heterocycles. The summed E-state index contributed by atoms with van der Waals surface area (Å²) in [7, 11) is -1.61. The first-order valence-corrected chi connectivity index (χ1v) is 12.4. The SMILES string of the molecule is CCCS(=O)(=O)NC1CCN(C(=O)/C(C#N)=C\c2cc(C)n(C(C)COC)c2C)CC1. The minimum Gasteiger partial charge on any atom is -0.383 e. The fraction of sp³-hybridized carbons (Fsp3) is 0.636. The van der Waals surface area contributed by atoms with Crippen molar-refractivity contribution in [1.82, 2.24) is 14.2 Å². The van der Waals surface area contributed by atoms with E-state index in [-0.39, 0.29) is 29.3 Å². The zero-order chi connectivity index (χ0) is 23.2. The van der Waals surface area contributed by atoms with E-state index in [0.717, 1.165) is 17.0 Å². The van der Waals surface area contributed by atoms with Crippen molar-refractivity contribution in [3.05, 3.63) is 28.6 Å². The molecule has 1 atom stereocenters. The minimum absolute atomic E-state index is 0.0876. The number of aryl methyl sites for hydroxylation is 1. The number of carbonyl (C=O) groups is 1. The number of hydrogen-bond donors (Lipinski definition) is 1. The molecule has 1 aromatic rings. The van der Waals surface area contributed by atoms with Gasteiger partial charge in [-0.1, -0.05) is 6.92 Å². The van der Waals surface area contributed by atoms with Crippen molar-refractivity contribution in [2.75, 3.05) is 32.6 Å². The third kappa shape index (κ3) is 6.42. The van der Waals surface area contributed by atoms with Crippen LogP contribution in [0.2, 0.25) is 0 Å². The lowest BCUT2D eigenvalue weighted by molar-refractivity contribution is -0.127. The van der Waals surface area contributed by atoms with E-state index in [1.165, 1.54) is 0 Å². The average Bonchev–Trinajstić information content (AvgIpc) is 2.99. The second-order valence-electron chi connectivity index (χ2n) is 8.17. The predicted molar refractivity (Wildman–Crippen MR) is 121 cm³/mol. The van der Waals surface area contributed by atoms with Gasteiger partial charge in [0.2, 0.25) is 10.0 Å². The van der Waals surface area contributed by atoms with Gasteiger partial charge >= 0.3 is 0 Å². The number of nitrogens with one attached hydrogen (secondary N) is 1. The number of methoxy groups -OCH3 is 1. The number of sulfonamides is 1. The Morgan fingerprint density at radius 3 is 2.58 bits per heavy atom. The molecule has 8 nitrogen and oxygen atoms in total. The van der Waals surface area contributed by atoms with Gasteiger partial charge in [-0.2, -0.15) is 5.26 Å². The standard InChI is InChI=1S/C22H34N4O4S/c1-6-11-31(28,29)24-21-7-9-25(10-8-21)22(27)20(14-23)13-19-12-16(2)26(18(19)4)17(3)15-30-5/h12-13,17,21,24H,6-11,15H2,1-5H3/b20-13-. The van der Waals surface area contributed by atoms with E-state index in [1.807, 2.05) is 32.9 Å². The molecule has 0 saturated carbocycles. The summed E-state index contributed by atoms with van der Waals surface area (Å²) in [5.41, 5.74) is 2.95. The van der Waals surface area contributed by atoms with Gasteiger partial charge in [0.05, 0.1) is 18.4 Å². The van der Waals surface area contributed by atoms with Gasteiger partial charge in [0.1, 0.15) is 11.6 Å². The maximum absolute atomic E-state index is 12.9. The molecular formula is C22H34N4O4S. The molecule has 31 heavy (non-hydrogen) atoms. The van der Waals surface area contributed by atoms with Crippen molar-refractivity contribution in [2.45, 2.75) is 59.0 Å². The number of ether oxygens (including phenoxy) is 1. The first kappa shape index (κ1) is 25.1. The first-order valence-electron chi connectivity index (χ1n) is 10.7. The molecule has 1 aliphatic heterocycles. The summed E-state index contributed by atoms with van der Waals surface area (Å²) in [6.45, 7) is 9.26. The maximum Gasteiger partial charge on any atom is 0.264 e. The highest BCUT2D eigenvalue weighted by Crippen LogP contribution is 2.24. The van der Waals surface area contributed by atoms with E-state index in [1.54, 1.807) is 18.1 Å². The molecule has 0 aliphatic carbocycles. The first-order chi connectivity index (χ1) is 14.6. The zero-order valence-corrected chi connectivity index (χ0v) is 20.0. The van der Waals surface area contributed by atoms with Crippen LogP contribution in [0, 0.1) is 25.2 Å². The summed E-state index contributed by atoms with van der Waals surface area (Å²) in [5, 5.41) is 9.63. The Bertz CT molecular complexity index is 951. The smallest absolute Gasteiger partial charge is 0.264 e. The summed E-state index contributed by atoms with van der Waals surface area (Å²) in [6.07, 6.45) is 3.29. The van der Waals surface area contributed by atoms with Crippen molar-refractivity contribution in [3.8, 4) is 6.07 Å². The molecule has 0 aromatic carbocycles. The highest BCUT2D eigenvalue weighted by Gasteiger charge is 2.27. The predicted octanol–water partition coefficient (Wildman–Crippen LogP) is 2.54. The molecule has 1 aromatic heterocycles. The molecule has 2 heterocycles. The summed E-state index contributed by atoms with van der Waals surface area (Å²) in [6, 6.07) is 3.99. The van der Waals surface area contributed by atoms with E-state index in [0.29, 0.717) is 39.0 Å². The van der Waals surface area contributed by atoms with Gasteiger partial charge in [-0.3, -0.25) is 4.79 Å². The van der Waals surface area contributed by atoms with Crippen LogP contribution >= 0.6 is 0 Å². The van der Waals surface area contributed by atoms with Gasteiger partial charge in [-0.25, -0.2) is 13.1 Å². The molecule has 9 heteroatoms. The van der Waals surface area contributed by atoms with Crippen LogP contribution in [0.5, 0.6) is 0 Å². The van der Waals surface area contributed by atoms with Crippen molar-refractivity contribution in [2.24, 2.45) is 0 Å². The van der Waals surface area contributed by atoms with E-state index < -0.39 is 10.0 Å². The Hall–Kier alpha value is -2.15. The third-order valence-electron chi connectivity index (χ3n) is 5.62. The minimum atomic E-state index is -3.28. The van der Waals surface area contributed by atoms with Gasteiger partial charge in [0, 0.05) is 37.6 Å². The molecule has 1 fully saturated rings. The largest absolute Gasteiger partial charge is 0.383 e. The molecule has 172 valence electrons. The van der Waals surface area contributed by atoms with Gasteiger partial charge in [-0.05, 0) is 57.7 Å². The second kappa shape index (κ2) is 10.9. The summed E-state index contributed by atoms with van der Waals surface area (Å²) in [4.78, 5) is 14.6. The summed E-state index contributed by atoms with van der Waals surface area (Å²) in [5.74, 6) is -0.207. The van der Waals surface area contributed by atoms with Crippen molar-refractivity contribution in [3.63, 3.8) is 0 Å². The fourth-order valence-corrected chi connectivity index (χ4v) is 5.59. The average molecular weight is 451 g/mol. The Morgan fingerprint density at radius 1 is 1.39 bits per heavy atom. The highest BCUT2D eigenvalue weighted by molar-refractivity contribution is 7.89. The van der Waals surface area contributed by atoms with Gasteiger partial charge in [-0.15, -0.1) is 0 Å². The van der Waals surface area contributed by atoms with Crippen LogP contribution in [0.4, 0.5) is 0 Å². The van der Waals surface area contributed by atoms with Crippen LogP contribution in [0.1, 0.15) is 56.1 Å². The number of piperidine rings is 1. The van der Waals surface area contributed by atoms with Crippen LogP contribution in [0.3, 0.4) is 0 Å². The quantitative estimate of drug-likeness (QED) is 0.460. The Morgan fingerprint density at radius 2 is 2.03 bits per heavy atom. The zero-order valence-electron chi connectivity index (χ0n) is 19.1. The monoisotopic (exact) mass is 450 g/mol. The van der Waals surface area contributed by atoms with Gasteiger partial charge in [0.25, 0.3) is 5.91 Å². The molecule has 1 amide bonds. The van der Waals surface area contributed by atoms with E-state index in [4.69, 9.17) is 4.74 Å². The lowest BCUT2D eigenvalue weighted by atomic mass is 10.0. The molecule has 0 radical (unpaired) electrons. The Labute approximate surface area is 185 Å². The van der Waals surface area contributed by atoms with E-state index >= 15 is 0 Å². The molecular weight excluding hydrogens is 416 g/mol. The van der Waals surface area contributed by atoms with Gasteiger partial charge in [0.15, 0.2) is 0 Å². The number of hydrogen-bond acceptors (Lipinski definition) is 5. The molecule has 1 aliphatic rings. The second-order valence-corrected chi connectivity index (χ2v) is 10.0. The fourth-order valence-electron chi connectivity index (χ4n) is 4.19. The maximum atomic E-state index is 12.9. The summed E-state index contributed by atoms with van der Waals surface area (Å²) >= 11 is 0. The van der Waals surface area contributed by atoms with E-state index in [9.17, 15) is 18.5 Å². The normalized spacial score (nSPS) is 16.9. The van der Waals surface area contributed by atoms with Crippen LogP contribution in [-0.4, -0.2) is 62.4 Å². The molecule has 2 rings (SSSR count). The van der Waals surface area contributed by atoms with Crippen molar-refractivity contribution < 1.29 is 17.9 Å². The number of nitrogens with zero attached hydrogens (tertiary/aromatic N) is 3. The van der Waals surface area contributed by atoms with Crippen LogP contribution in [0.15, 0.2) is 11.6 Å². The number of carbonyl (C=O) groups excluding carboxylic acids is 1. The number of rotatable bonds is 9. The number of nitriles is 1. The number of amides is 1. The lowest BCUT2D eigenvalue weighted by Gasteiger charge is -2.32. The highest BCUT2D eigenvalue weighted by atomic mass is 32.2. The van der Waals surface area contributed by atoms with Crippen LogP contribution in [-0.2, 0) is 19.6 Å². The Kier molecular flexibility index (Phi) is 8.86. The Balaban J connectivity index is 2.11. The third-order valence-corrected chi connectivity index (χ3v) is 7.26. The van der Waals surface area contributed by atoms with Gasteiger partial charge < -0.3 is 14.2 Å². The van der Waals surface area contributed by atoms with Crippen molar-refractivity contribution in [1.29, 1.82) is 5.26 Å². The van der Waals surface area contributed by atoms with Crippen LogP contribution < -0.4 is 4.72 Å². The van der Waals surface area contributed by atoms with Crippen molar-refractivity contribution >= 4 is 22.0 Å². The molecule has 1 unspecified atom stereocenters. The van der Waals surface area contributed by atoms with Crippen LogP contribution in [0.25, 0.3) is 6.08 Å².